The molecule has 8 heteroatoms. The molecule has 0 aromatic heterocycles. The van der Waals surface area contributed by atoms with Crippen molar-refractivity contribution in [2.24, 2.45) is 0 Å². The van der Waals surface area contributed by atoms with Crippen molar-refractivity contribution in [3.8, 4) is 0 Å². The smallest absolute Gasteiger partial charge is 0.291 e. The Balaban J connectivity index is 2.32. The molecule has 1 aromatic rings. The average molecular weight is 313 g/mol. The highest BCUT2D eigenvalue weighted by atomic mass is 32.2. The third-order valence-corrected chi connectivity index (χ3v) is 5.23. The van der Waals surface area contributed by atoms with Gasteiger partial charge in [0.2, 0.25) is 10.0 Å². The van der Waals surface area contributed by atoms with Crippen molar-refractivity contribution < 1.29 is 13.3 Å². The second kappa shape index (κ2) is 6.40. The Morgan fingerprint density at radius 2 is 1.90 bits per heavy atom. The van der Waals surface area contributed by atoms with Gasteiger partial charge in [0, 0.05) is 24.8 Å². The Morgan fingerprint density at radius 3 is 2.48 bits per heavy atom. The van der Waals surface area contributed by atoms with Gasteiger partial charge in [-0.3, -0.25) is 10.1 Å². The molecule has 0 spiro atoms. The van der Waals surface area contributed by atoms with Crippen molar-refractivity contribution in [2.45, 2.75) is 43.0 Å². The number of anilines is 1. The standard InChI is InChI=1S/C13H19N3O4S/c1-14-11-7-8-13(12(9-11)16(17)18)21(19,20)15-10-5-3-2-4-6-10/h7-10,14-15H,2-6H2,1H3. The van der Waals surface area contributed by atoms with Crippen molar-refractivity contribution in [3.05, 3.63) is 28.3 Å². The van der Waals surface area contributed by atoms with Crippen molar-refractivity contribution in [1.82, 2.24) is 4.72 Å². The first-order valence-corrected chi connectivity index (χ1v) is 8.41. The van der Waals surface area contributed by atoms with Gasteiger partial charge in [-0.15, -0.1) is 0 Å². The van der Waals surface area contributed by atoms with Gasteiger partial charge in [0.05, 0.1) is 4.92 Å². The van der Waals surface area contributed by atoms with Crippen molar-refractivity contribution in [3.63, 3.8) is 0 Å². The van der Waals surface area contributed by atoms with Gasteiger partial charge in [-0.25, -0.2) is 13.1 Å². The van der Waals surface area contributed by atoms with Crippen LogP contribution in [0.4, 0.5) is 11.4 Å². The summed E-state index contributed by atoms with van der Waals surface area (Å²) in [5, 5.41) is 13.9. The van der Waals surface area contributed by atoms with Gasteiger partial charge in [-0.05, 0) is 25.0 Å². The van der Waals surface area contributed by atoms with E-state index in [0.29, 0.717) is 5.69 Å². The van der Waals surface area contributed by atoms with E-state index in [9.17, 15) is 18.5 Å². The Kier molecular flexibility index (Phi) is 4.79. The Labute approximate surface area is 123 Å². The van der Waals surface area contributed by atoms with Gasteiger partial charge in [0.1, 0.15) is 0 Å². The molecule has 0 unspecified atom stereocenters. The quantitative estimate of drug-likeness (QED) is 0.641. The number of nitro groups is 1. The van der Waals surface area contributed by atoms with E-state index in [1.54, 1.807) is 7.05 Å². The molecule has 0 radical (unpaired) electrons. The summed E-state index contributed by atoms with van der Waals surface area (Å²) in [4.78, 5) is 10.2. The van der Waals surface area contributed by atoms with Gasteiger partial charge in [0.25, 0.3) is 5.69 Å². The molecular weight excluding hydrogens is 294 g/mol. The van der Waals surface area contributed by atoms with E-state index in [1.807, 2.05) is 0 Å². The number of benzene rings is 1. The van der Waals surface area contributed by atoms with Crippen LogP contribution >= 0.6 is 0 Å². The van der Waals surface area contributed by atoms with E-state index in [-0.39, 0.29) is 10.9 Å². The van der Waals surface area contributed by atoms with E-state index < -0.39 is 20.6 Å². The largest absolute Gasteiger partial charge is 0.388 e. The first kappa shape index (κ1) is 15.7. The molecular formula is C13H19N3O4S. The minimum Gasteiger partial charge on any atom is -0.388 e. The van der Waals surface area contributed by atoms with E-state index in [4.69, 9.17) is 0 Å². The summed E-state index contributed by atoms with van der Waals surface area (Å²) in [5.74, 6) is 0. The molecule has 2 N–H and O–H groups in total. The Hall–Kier alpha value is -1.67. The minimum absolute atomic E-state index is 0.132. The third-order valence-electron chi connectivity index (χ3n) is 3.66. The topological polar surface area (TPSA) is 101 Å². The molecule has 1 aliphatic carbocycles. The zero-order chi connectivity index (χ0) is 15.5. The van der Waals surface area contributed by atoms with Crippen LogP contribution < -0.4 is 10.0 Å². The molecule has 21 heavy (non-hydrogen) atoms. The van der Waals surface area contributed by atoms with Gasteiger partial charge >= 0.3 is 0 Å². The molecule has 116 valence electrons. The van der Waals surface area contributed by atoms with E-state index >= 15 is 0 Å². The lowest BCUT2D eigenvalue weighted by molar-refractivity contribution is -0.387. The Morgan fingerprint density at radius 1 is 1.24 bits per heavy atom. The number of nitrogens with zero attached hydrogens (tertiary/aromatic N) is 1. The lowest BCUT2D eigenvalue weighted by Crippen LogP contribution is -2.36. The zero-order valence-electron chi connectivity index (χ0n) is 11.8. The summed E-state index contributed by atoms with van der Waals surface area (Å²) >= 11 is 0. The number of nitro benzene ring substituents is 1. The predicted octanol–water partition coefficient (Wildman–Crippen LogP) is 2.25. The van der Waals surface area contributed by atoms with Crippen molar-refractivity contribution in [1.29, 1.82) is 0 Å². The molecule has 0 amide bonds. The van der Waals surface area contributed by atoms with Gasteiger partial charge < -0.3 is 5.32 Å². The first-order valence-electron chi connectivity index (χ1n) is 6.92. The fourth-order valence-corrected chi connectivity index (χ4v) is 4.00. The fraction of sp³-hybridized carbons (Fsp3) is 0.538. The molecule has 2 rings (SSSR count). The van der Waals surface area contributed by atoms with E-state index in [2.05, 4.69) is 10.0 Å². The fourth-order valence-electron chi connectivity index (χ4n) is 2.55. The monoisotopic (exact) mass is 313 g/mol. The van der Waals surface area contributed by atoms with Crippen LogP contribution in [0.3, 0.4) is 0 Å². The molecule has 0 saturated heterocycles. The Bertz CT molecular complexity index is 624. The van der Waals surface area contributed by atoms with Crippen LogP contribution in [0.1, 0.15) is 32.1 Å². The lowest BCUT2D eigenvalue weighted by Gasteiger charge is -2.22. The lowest BCUT2D eigenvalue weighted by atomic mass is 9.96. The minimum atomic E-state index is -3.88. The maximum absolute atomic E-state index is 12.4. The molecule has 1 aliphatic rings. The van der Waals surface area contributed by atoms with Crippen molar-refractivity contribution >= 4 is 21.4 Å². The van der Waals surface area contributed by atoms with Crippen LogP contribution in [-0.4, -0.2) is 26.4 Å². The predicted molar refractivity (Wildman–Crippen MR) is 79.8 cm³/mol. The second-order valence-corrected chi connectivity index (χ2v) is 6.83. The highest BCUT2D eigenvalue weighted by molar-refractivity contribution is 7.89. The molecule has 1 saturated carbocycles. The number of hydrogen-bond acceptors (Lipinski definition) is 5. The van der Waals surface area contributed by atoms with Crippen LogP contribution in [0.15, 0.2) is 23.1 Å². The summed E-state index contributed by atoms with van der Waals surface area (Å²) in [6, 6.07) is 3.89. The molecule has 0 bridgehead atoms. The maximum atomic E-state index is 12.4. The van der Waals surface area contributed by atoms with Gasteiger partial charge in [-0.1, -0.05) is 19.3 Å². The summed E-state index contributed by atoms with van der Waals surface area (Å²) in [5.41, 5.74) is 0.0866. The van der Waals surface area contributed by atoms with Crippen LogP contribution in [-0.2, 0) is 10.0 Å². The average Bonchev–Trinajstić information content (AvgIpc) is 2.47. The zero-order valence-corrected chi connectivity index (χ0v) is 12.6. The molecule has 7 nitrogen and oxygen atoms in total. The second-order valence-electron chi connectivity index (χ2n) is 5.15. The number of nitrogens with one attached hydrogen (secondary N) is 2. The van der Waals surface area contributed by atoms with E-state index in [1.165, 1.54) is 18.2 Å². The van der Waals surface area contributed by atoms with Crippen molar-refractivity contribution in [2.75, 3.05) is 12.4 Å². The highest BCUT2D eigenvalue weighted by Crippen LogP contribution is 2.28. The first-order chi connectivity index (χ1) is 9.94. The molecule has 1 aromatic carbocycles. The summed E-state index contributed by atoms with van der Waals surface area (Å²) < 4.78 is 27.4. The van der Waals surface area contributed by atoms with Crippen LogP contribution in [0.5, 0.6) is 0 Å². The molecule has 0 atom stereocenters. The third kappa shape index (κ3) is 3.70. The number of rotatable bonds is 5. The molecule has 0 aliphatic heterocycles. The number of hydrogen-bond donors (Lipinski definition) is 2. The molecule has 1 fully saturated rings. The van der Waals surface area contributed by atoms with Crippen LogP contribution in [0.2, 0.25) is 0 Å². The maximum Gasteiger partial charge on any atom is 0.291 e. The van der Waals surface area contributed by atoms with Crippen LogP contribution in [0.25, 0.3) is 0 Å². The van der Waals surface area contributed by atoms with Gasteiger partial charge in [-0.2, -0.15) is 0 Å². The summed E-state index contributed by atoms with van der Waals surface area (Å²) in [6.45, 7) is 0. The van der Waals surface area contributed by atoms with Crippen LogP contribution in [0, 0.1) is 10.1 Å². The molecule has 0 heterocycles. The van der Waals surface area contributed by atoms with E-state index in [0.717, 1.165) is 32.1 Å². The normalized spacial score (nSPS) is 16.6. The number of sulfonamides is 1. The SMILES string of the molecule is CNc1ccc(S(=O)(=O)NC2CCCCC2)c([N+](=O)[O-])c1. The highest BCUT2D eigenvalue weighted by Gasteiger charge is 2.28. The van der Waals surface area contributed by atoms with Gasteiger partial charge in [0.15, 0.2) is 4.90 Å². The summed E-state index contributed by atoms with van der Waals surface area (Å²) in [7, 11) is -2.26. The summed E-state index contributed by atoms with van der Waals surface area (Å²) in [6.07, 6.45) is 4.63.